The number of nitrogens with zero attached hydrogens (tertiary/aromatic N) is 3. The van der Waals surface area contributed by atoms with Crippen molar-refractivity contribution in [1.29, 1.82) is 0 Å². The van der Waals surface area contributed by atoms with Gasteiger partial charge in [-0.2, -0.15) is 0 Å². The molecule has 0 atom stereocenters. The van der Waals surface area contributed by atoms with Gasteiger partial charge in [-0.05, 0) is 48.5 Å². The number of nitrogens with two attached hydrogens (primary N) is 2. The molecule has 9 heteroatoms. The molecule has 3 aromatic carbocycles. The molecule has 0 aliphatic rings. The average Bonchev–Trinajstić information content (AvgIpc) is 2.93. The molecule has 0 fully saturated rings. The van der Waals surface area contributed by atoms with Crippen molar-refractivity contribution >= 4 is 45.6 Å². The van der Waals surface area contributed by atoms with Gasteiger partial charge in [0.05, 0.1) is 11.1 Å². The number of carbonyl (C=O) groups is 2. The molecule has 0 spiro atoms. The van der Waals surface area contributed by atoms with Gasteiger partial charge in [0.25, 0.3) is 11.8 Å². The van der Waals surface area contributed by atoms with Crippen LogP contribution >= 0.6 is 0 Å². The molecule has 0 unspecified atom stereocenters. The number of aromatic nitrogens is 3. The summed E-state index contributed by atoms with van der Waals surface area (Å²) in [6, 6.07) is 21.2. The first kappa shape index (κ1) is 24.0. The maximum absolute atomic E-state index is 13.2. The van der Waals surface area contributed by atoms with Crippen LogP contribution in [0.1, 0.15) is 26.4 Å². The number of benzene rings is 3. The maximum Gasteiger partial charge on any atom is 0.267 e. The molecule has 5 aromatic rings. The summed E-state index contributed by atoms with van der Waals surface area (Å²) in [5.41, 5.74) is 15.9. The molecule has 2 heterocycles. The third-order valence-corrected chi connectivity index (χ3v) is 5.82. The molecule has 184 valence electrons. The van der Waals surface area contributed by atoms with Gasteiger partial charge >= 0.3 is 0 Å². The Hall–Kier alpha value is -5.75. The zero-order valence-corrected chi connectivity index (χ0v) is 20.0. The van der Waals surface area contributed by atoms with Crippen molar-refractivity contribution in [3.63, 3.8) is 0 Å². The van der Waals surface area contributed by atoms with Crippen molar-refractivity contribution in [2.75, 3.05) is 16.4 Å². The van der Waals surface area contributed by atoms with Gasteiger partial charge in [-0.25, -0.2) is 15.0 Å². The van der Waals surface area contributed by atoms with Crippen LogP contribution in [0.15, 0.2) is 85.3 Å². The molecule has 0 saturated heterocycles. The first-order chi connectivity index (χ1) is 18.4. The van der Waals surface area contributed by atoms with E-state index in [1.807, 2.05) is 24.3 Å². The minimum Gasteiger partial charge on any atom is -0.398 e. The summed E-state index contributed by atoms with van der Waals surface area (Å²) in [5, 5.41) is 6.81. The molecule has 2 amide bonds. The Labute approximate surface area is 218 Å². The Morgan fingerprint density at radius 3 is 2.50 bits per heavy atom. The standard InChI is InChI=1S/C29H21N7O2/c1-2-17-6-5-7-19(12-17)35-28-23-14-20(10-11-25(23)33-16-34-28)36-29(38)18-13-22(26(27(31)37)32-15-18)21-8-3-4-9-24(21)30/h1,3-16H,30H2,(H2,31,37)(H,36,38)(H,33,34,35). The molecule has 2 aromatic heterocycles. The quantitative estimate of drug-likeness (QED) is 0.200. The summed E-state index contributed by atoms with van der Waals surface area (Å²) >= 11 is 0. The number of primary amides is 1. The molecule has 5 rings (SSSR count). The summed E-state index contributed by atoms with van der Waals surface area (Å²) in [4.78, 5) is 38.0. The van der Waals surface area contributed by atoms with Crippen LogP contribution in [0, 0.1) is 12.3 Å². The number of fused-ring (bicyclic) bond motifs is 1. The molecule has 0 radical (unpaired) electrons. The number of pyridine rings is 1. The lowest BCUT2D eigenvalue weighted by Gasteiger charge is -2.12. The van der Waals surface area contributed by atoms with Crippen molar-refractivity contribution in [2.45, 2.75) is 0 Å². The smallest absolute Gasteiger partial charge is 0.267 e. The zero-order chi connectivity index (χ0) is 26.6. The van der Waals surface area contributed by atoms with Crippen LogP contribution in [0.5, 0.6) is 0 Å². The number of terminal acetylenes is 1. The highest BCUT2D eigenvalue weighted by Gasteiger charge is 2.18. The van der Waals surface area contributed by atoms with Gasteiger partial charge in [0.1, 0.15) is 17.8 Å². The normalized spacial score (nSPS) is 10.5. The number of para-hydroxylation sites is 1. The fourth-order valence-electron chi connectivity index (χ4n) is 3.99. The minimum absolute atomic E-state index is 0.0203. The number of anilines is 4. The van der Waals surface area contributed by atoms with E-state index in [1.165, 1.54) is 12.5 Å². The van der Waals surface area contributed by atoms with Gasteiger partial charge in [-0.15, -0.1) is 6.42 Å². The SMILES string of the molecule is C#Cc1cccc(Nc2ncnc3ccc(NC(=O)c4cnc(C(N)=O)c(-c5ccccc5N)c4)cc23)c1. The zero-order valence-electron chi connectivity index (χ0n) is 20.0. The van der Waals surface area contributed by atoms with Gasteiger partial charge in [-0.1, -0.05) is 30.2 Å². The van der Waals surface area contributed by atoms with E-state index in [0.29, 0.717) is 39.2 Å². The Morgan fingerprint density at radius 1 is 0.868 bits per heavy atom. The molecule has 0 aliphatic carbocycles. The summed E-state index contributed by atoms with van der Waals surface area (Å²) in [5.74, 6) is 2.00. The van der Waals surface area contributed by atoms with Crippen molar-refractivity contribution in [3.8, 4) is 23.5 Å². The van der Waals surface area contributed by atoms with E-state index in [-0.39, 0.29) is 11.3 Å². The van der Waals surface area contributed by atoms with Gasteiger partial charge in [-0.3, -0.25) is 9.59 Å². The van der Waals surface area contributed by atoms with E-state index in [2.05, 4.69) is 31.5 Å². The van der Waals surface area contributed by atoms with Crippen molar-refractivity contribution in [2.24, 2.45) is 5.73 Å². The van der Waals surface area contributed by atoms with Crippen LogP contribution in [0.2, 0.25) is 0 Å². The molecule has 38 heavy (non-hydrogen) atoms. The first-order valence-corrected chi connectivity index (χ1v) is 11.5. The molecule has 6 N–H and O–H groups in total. The second-order valence-corrected chi connectivity index (χ2v) is 8.33. The van der Waals surface area contributed by atoms with Crippen LogP contribution in [0.3, 0.4) is 0 Å². The third-order valence-electron chi connectivity index (χ3n) is 5.82. The van der Waals surface area contributed by atoms with Crippen LogP contribution in [-0.4, -0.2) is 26.8 Å². The lowest BCUT2D eigenvalue weighted by atomic mass is 10.00. The van der Waals surface area contributed by atoms with Gasteiger partial charge in [0.2, 0.25) is 0 Å². The number of hydrogen-bond acceptors (Lipinski definition) is 7. The summed E-state index contributed by atoms with van der Waals surface area (Å²) in [6.07, 6.45) is 8.27. The van der Waals surface area contributed by atoms with Crippen molar-refractivity contribution in [3.05, 3.63) is 102 Å². The maximum atomic E-state index is 13.2. The van der Waals surface area contributed by atoms with E-state index in [9.17, 15) is 9.59 Å². The fraction of sp³-hybridized carbons (Fsp3) is 0. The number of hydrogen-bond donors (Lipinski definition) is 4. The Bertz CT molecular complexity index is 1760. The first-order valence-electron chi connectivity index (χ1n) is 11.5. The monoisotopic (exact) mass is 499 g/mol. The minimum atomic E-state index is -0.724. The van der Waals surface area contributed by atoms with Crippen LogP contribution in [0.25, 0.3) is 22.0 Å². The second-order valence-electron chi connectivity index (χ2n) is 8.33. The lowest BCUT2D eigenvalue weighted by Crippen LogP contribution is -2.18. The molecular formula is C29H21N7O2. The molecular weight excluding hydrogens is 478 g/mol. The van der Waals surface area contributed by atoms with Crippen molar-refractivity contribution < 1.29 is 9.59 Å². The Kier molecular flexibility index (Phi) is 6.36. The van der Waals surface area contributed by atoms with Crippen molar-refractivity contribution in [1.82, 2.24) is 15.0 Å². The average molecular weight is 500 g/mol. The summed E-state index contributed by atoms with van der Waals surface area (Å²) in [6.45, 7) is 0. The van der Waals surface area contributed by atoms with Gasteiger partial charge < -0.3 is 22.1 Å². The van der Waals surface area contributed by atoms with Gasteiger partial charge in [0.15, 0.2) is 0 Å². The Morgan fingerprint density at radius 2 is 1.71 bits per heavy atom. The van der Waals surface area contributed by atoms with Crippen LogP contribution in [0.4, 0.5) is 22.9 Å². The fourth-order valence-corrected chi connectivity index (χ4v) is 3.99. The second kappa shape index (κ2) is 10.1. The highest BCUT2D eigenvalue weighted by Crippen LogP contribution is 2.30. The lowest BCUT2D eigenvalue weighted by molar-refractivity contribution is 0.0991. The van der Waals surface area contributed by atoms with E-state index in [4.69, 9.17) is 17.9 Å². The van der Waals surface area contributed by atoms with E-state index in [1.54, 1.807) is 48.5 Å². The molecule has 9 nitrogen and oxygen atoms in total. The number of carbonyl (C=O) groups excluding carboxylic acids is 2. The number of rotatable bonds is 6. The van der Waals surface area contributed by atoms with E-state index < -0.39 is 11.8 Å². The predicted molar refractivity (Wildman–Crippen MR) is 148 cm³/mol. The van der Waals surface area contributed by atoms with Gasteiger partial charge in [0, 0.05) is 45.3 Å². The number of amides is 2. The van der Waals surface area contributed by atoms with Crippen LogP contribution in [-0.2, 0) is 0 Å². The molecule has 0 aliphatic heterocycles. The predicted octanol–water partition coefficient (Wildman–Crippen LogP) is 4.35. The van der Waals surface area contributed by atoms with E-state index in [0.717, 1.165) is 11.3 Å². The van der Waals surface area contributed by atoms with E-state index >= 15 is 0 Å². The summed E-state index contributed by atoms with van der Waals surface area (Å²) in [7, 11) is 0. The largest absolute Gasteiger partial charge is 0.398 e. The van der Waals surface area contributed by atoms with Crippen LogP contribution < -0.4 is 22.1 Å². The third kappa shape index (κ3) is 4.82. The molecule has 0 saturated carbocycles. The topological polar surface area (TPSA) is 149 Å². The highest BCUT2D eigenvalue weighted by molar-refractivity contribution is 6.08. The Balaban J connectivity index is 1.47. The number of nitrogen functional groups attached to an aromatic ring is 1. The highest BCUT2D eigenvalue weighted by atomic mass is 16.2. The molecule has 0 bridgehead atoms. The summed E-state index contributed by atoms with van der Waals surface area (Å²) < 4.78 is 0. The number of nitrogens with one attached hydrogen (secondary N) is 2.